The number of fused-ring (bicyclic) bond motifs is 1. The van der Waals surface area contributed by atoms with Crippen LogP contribution in [0.1, 0.15) is 5.56 Å². The minimum Gasteiger partial charge on any atom is -0.373 e. The zero-order valence-electron chi connectivity index (χ0n) is 8.13. The third kappa shape index (κ3) is 1.42. The van der Waals surface area contributed by atoms with Crippen LogP contribution in [-0.4, -0.2) is 12.0 Å². The Morgan fingerprint density at radius 2 is 2.14 bits per heavy atom. The van der Waals surface area contributed by atoms with E-state index in [0.29, 0.717) is 5.02 Å². The van der Waals surface area contributed by atoms with Crippen molar-refractivity contribution in [3.8, 4) is 0 Å². The van der Waals surface area contributed by atoms with Gasteiger partial charge < -0.3 is 5.32 Å². The van der Waals surface area contributed by atoms with Gasteiger partial charge in [-0.15, -0.1) is 0 Å². The van der Waals surface area contributed by atoms with E-state index in [2.05, 4.69) is 17.2 Å². The molecule has 3 heteroatoms. The van der Waals surface area contributed by atoms with Crippen LogP contribution in [0.15, 0.2) is 24.3 Å². The van der Waals surface area contributed by atoms with E-state index >= 15 is 0 Å². The van der Waals surface area contributed by atoms with E-state index in [0.717, 1.165) is 16.7 Å². The fourth-order valence-electron chi connectivity index (χ4n) is 1.51. The monoisotopic (exact) mass is 206 g/mol. The number of hydrogen-bond donors (Lipinski definition) is 1. The van der Waals surface area contributed by atoms with Gasteiger partial charge in [0.1, 0.15) is 5.82 Å². The van der Waals surface area contributed by atoms with Crippen molar-refractivity contribution < 1.29 is 0 Å². The van der Waals surface area contributed by atoms with Crippen LogP contribution >= 0.6 is 11.6 Å². The number of benzene rings is 1. The van der Waals surface area contributed by atoms with Gasteiger partial charge in [0.15, 0.2) is 0 Å². The number of hydrogen-bond acceptors (Lipinski definition) is 2. The third-order valence-corrected chi connectivity index (χ3v) is 2.56. The number of rotatable bonds is 1. The fraction of sp³-hybridized carbons (Fsp3) is 0.182. The van der Waals surface area contributed by atoms with Crippen molar-refractivity contribution in [2.24, 2.45) is 0 Å². The predicted octanol–water partition coefficient (Wildman–Crippen LogP) is 3.24. The summed E-state index contributed by atoms with van der Waals surface area (Å²) in [7, 11) is 1.85. The molecule has 0 amide bonds. The van der Waals surface area contributed by atoms with E-state index in [1.54, 1.807) is 0 Å². The van der Waals surface area contributed by atoms with Crippen LogP contribution in [-0.2, 0) is 0 Å². The highest BCUT2D eigenvalue weighted by atomic mass is 35.5. The van der Waals surface area contributed by atoms with Gasteiger partial charge >= 0.3 is 0 Å². The van der Waals surface area contributed by atoms with Crippen molar-refractivity contribution in [2.45, 2.75) is 6.92 Å². The quantitative estimate of drug-likeness (QED) is 0.775. The summed E-state index contributed by atoms with van der Waals surface area (Å²) in [4.78, 5) is 4.41. The molecule has 72 valence electrons. The molecule has 2 nitrogen and oxygen atoms in total. The van der Waals surface area contributed by atoms with E-state index < -0.39 is 0 Å². The molecule has 1 aromatic heterocycles. The van der Waals surface area contributed by atoms with Crippen LogP contribution in [0.2, 0.25) is 5.02 Å². The second kappa shape index (κ2) is 3.46. The first-order valence-corrected chi connectivity index (χ1v) is 4.84. The smallest absolute Gasteiger partial charge is 0.126 e. The number of nitrogens with zero attached hydrogens (tertiary/aromatic N) is 1. The number of aryl methyl sites for hydroxylation is 1. The van der Waals surface area contributed by atoms with E-state index in [9.17, 15) is 0 Å². The Morgan fingerprint density at radius 3 is 2.86 bits per heavy atom. The molecule has 0 saturated heterocycles. The highest BCUT2D eigenvalue weighted by Gasteiger charge is 2.04. The van der Waals surface area contributed by atoms with Gasteiger partial charge in [-0.05, 0) is 24.6 Å². The van der Waals surface area contributed by atoms with Crippen LogP contribution < -0.4 is 5.32 Å². The van der Waals surface area contributed by atoms with Gasteiger partial charge in [-0.25, -0.2) is 4.98 Å². The molecule has 2 aromatic rings. The molecule has 1 heterocycles. The predicted molar refractivity (Wildman–Crippen MR) is 61.0 cm³/mol. The minimum absolute atomic E-state index is 0.697. The molecule has 0 aliphatic carbocycles. The van der Waals surface area contributed by atoms with Gasteiger partial charge in [-0.1, -0.05) is 23.7 Å². The lowest BCUT2D eigenvalue weighted by Crippen LogP contribution is -1.94. The summed E-state index contributed by atoms with van der Waals surface area (Å²) >= 11 is 6.07. The summed E-state index contributed by atoms with van der Waals surface area (Å²) < 4.78 is 0. The summed E-state index contributed by atoms with van der Waals surface area (Å²) in [6, 6.07) is 7.84. The Balaban J connectivity index is 2.83. The summed E-state index contributed by atoms with van der Waals surface area (Å²) in [5, 5.41) is 4.82. The van der Waals surface area contributed by atoms with Crippen LogP contribution in [0.4, 0.5) is 5.82 Å². The average molecular weight is 207 g/mol. The first kappa shape index (κ1) is 9.28. The number of anilines is 1. The number of nitrogens with one attached hydrogen (secondary N) is 1. The summed E-state index contributed by atoms with van der Waals surface area (Å²) in [5.41, 5.74) is 2.04. The topological polar surface area (TPSA) is 24.9 Å². The third-order valence-electron chi connectivity index (χ3n) is 2.25. The second-order valence-electron chi connectivity index (χ2n) is 3.21. The molecule has 0 saturated carbocycles. The molecule has 0 unspecified atom stereocenters. The van der Waals surface area contributed by atoms with Crippen molar-refractivity contribution in [2.75, 3.05) is 12.4 Å². The Labute approximate surface area is 87.9 Å². The molecule has 0 spiro atoms. The minimum atomic E-state index is 0.697. The van der Waals surface area contributed by atoms with Crippen LogP contribution in [0.5, 0.6) is 0 Å². The SMILES string of the molecule is CNc1cc(C)c2cccc(Cl)c2n1. The van der Waals surface area contributed by atoms with E-state index in [4.69, 9.17) is 11.6 Å². The van der Waals surface area contributed by atoms with Crippen LogP contribution in [0.25, 0.3) is 10.9 Å². The standard InChI is InChI=1S/C11H11ClN2/c1-7-6-10(13-2)14-11-8(7)4-3-5-9(11)12/h3-6H,1-2H3,(H,13,14). The molecule has 0 bridgehead atoms. The summed E-state index contributed by atoms with van der Waals surface area (Å²) in [5.74, 6) is 0.850. The summed E-state index contributed by atoms with van der Waals surface area (Å²) in [6.07, 6.45) is 0. The number of halogens is 1. The molecule has 0 atom stereocenters. The lowest BCUT2D eigenvalue weighted by molar-refractivity contribution is 1.32. The first-order valence-electron chi connectivity index (χ1n) is 4.46. The maximum absolute atomic E-state index is 6.07. The number of para-hydroxylation sites is 1. The second-order valence-corrected chi connectivity index (χ2v) is 3.62. The molecular formula is C11H11ClN2. The van der Waals surface area contributed by atoms with Gasteiger partial charge in [0.05, 0.1) is 10.5 Å². The van der Waals surface area contributed by atoms with E-state index in [1.807, 2.05) is 31.3 Å². The molecule has 0 radical (unpaired) electrons. The number of aromatic nitrogens is 1. The van der Waals surface area contributed by atoms with E-state index in [-0.39, 0.29) is 0 Å². The van der Waals surface area contributed by atoms with Crippen LogP contribution in [0, 0.1) is 6.92 Å². The molecule has 0 fully saturated rings. The van der Waals surface area contributed by atoms with Gasteiger partial charge in [-0.2, -0.15) is 0 Å². The van der Waals surface area contributed by atoms with Crippen molar-refractivity contribution in [1.29, 1.82) is 0 Å². The van der Waals surface area contributed by atoms with Gasteiger partial charge in [0.25, 0.3) is 0 Å². The molecule has 0 aliphatic heterocycles. The summed E-state index contributed by atoms with van der Waals surface area (Å²) in [6.45, 7) is 2.06. The molecular weight excluding hydrogens is 196 g/mol. The molecule has 2 rings (SSSR count). The Kier molecular flexibility index (Phi) is 2.30. The largest absolute Gasteiger partial charge is 0.373 e. The Morgan fingerprint density at radius 1 is 1.36 bits per heavy atom. The number of pyridine rings is 1. The van der Waals surface area contributed by atoms with Gasteiger partial charge in [-0.3, -0.25) is 0 Å². The highest BCUT2D eigenvalue weighted by molar-refractivity contribution is 6.35. The molecule has 0 aliphatic rings. The Hall–Kier alpha value is -1.28. The fourth-order valence-corrected chi connectivity index (χ4v) is 1.73. The van der Waals surface area contributed by atoms with Gasteiger partial charge in [0, 0.05) is 12.4 Å². The first-order chi connectivity index (χ1) is 6.72. The van der Waals surface area contributed by atoms with Crippen molar-refractivity contribution in [1.82, 2.24) is 4.98 Å². The van der Waals surface area contributed by atoms with Crippen LogP contribution in [0.3, 0.4) is 0 Å². The van der Waals surface area contributed by atoms with Crippen molar-refractivity contribution >= 4 is 28.3 Å². The highest BCUT2D eigenvalue weighted by Crippen LogP contribution is 2.25. The normalized spacial score (nSPS) is 10.5. The van der Waals surface area contributed by atoms with Crippen molar-refractivity contribution in [3.63, 3.8) is 0 Å². The maximum atomic E-state index is 6.07. The average Bonchev–Trinajstić information content (AvgIpc) is 2.19. The Bertz CT molecular complexity index is 480. The van der Waals surface area contributed by atoms with E-state index in [1.165, 1.54) is 5.56 Å². The maximum Gasteiger partial charge on any atom is 0.126 e. The molecule has 1 N–H and O–H groups in total. The lowest BCUT2D eigenvalue weighted by Gasteiger charge is -2.06. The zero-order valence-corrected chi connectivity index (χ0v) is 8.89. The lowest BCUT2D eigenvalue weighted by atomic mass is 10.1. The zero-order chi connectivity index (χ0) is 10.1. The molecule has 14 heavy (non-hydrogen) atoms. The molecule has 1 aromatic carbocycles. The van der Waals surface area contributed by atoms with Crippen molar-refractivity contribution in [3.05, 3.63) is 34.9 Å². The van der Waals surface area contributed by atoms with Gasteiger partial charge in [0.2, 0.25) is 0 Å².